The second-order valence-corrected chi connectivity index (χ2v) is 5.14. The van der Waals surface area contributed by atoms with Crippen molar-refractivity contribution in [2.75, 3.05) is 0 Å². The SMILES string of the molecule is Cc1cc(-c2ccc(C#Cc3cncnc3)cc2)c(C#N)c(=O)[nH]1. The second kappa shape index (κ2) is 6.60. The number of aryl methyl sites for hydroxylation is 1. The molecule has 3 rings (SSSR count). The van der Waals surface area contributed by atoms with Crippen molar-refractivity contribution in [1.29, 1.82) is 5.26 Å². The van der Waals surface area contributed by atoms with Crippen LogP contribution in [0.3, 0.4) is 0 Å². The Balaban J connectivity index is 1.96. The van der Waals surface area contributed by atoms with Gasteiger partial charge < -0.3 is 4.98 Å². The highest BCUT2D eigenvalue weighted by atomic mass is 16.1. The summed E-state index contributed by atoms with van der Waals surface area (Å²) in [7, 11) is 0. The summed E-state index contributed by atoms with van der Waals surface area (Å²) in [6, 6.07) is 11.2. The molecule has 5 nitrogen and oxygen atoms in total. The van der Waals surface area contributed by atoms with Crippen molar-refractivity contribution in [3.8, 4) is 29.0 Å². The predicted molar refractivity (Wildman–Crippen MR) is 90.0 cm³/mol. The topological polar surface area (TPSA) is 82.4 Å². The molecule has 24 heavy (non-hydrogen) atoms. The van der Waals surface area contributed by atoms with Gasteiger partial charge in [0.2, 0.25) is 0 Å². The monoisotopic (exact) mass is 312 g/mol. The molecule has 5 heteroatoms. The molecule has 2 aromatic heterocycles. The van der Waals surface area contributed by atoms with Crippen molar-refractivity contribution < 1.29 is 0 Å². The molecule has 0 saturated carbocycles. The van der Waals surface area contributed by atoms with E-state index in [0.29, 0.717) is 11.3 Å². The van der Waals surface area contributed by atoms with Crippen molar-refractivity contribution in [2.24, 2.45) is 0 Å². The van der Waals surface area contributed by atoms with E-state index in [4.69, 9.17) is 0 Å². The van der Waals surface area contributed by atoms with Crippen LogP contribution in [0.5, 0.6) is 0 Å². The second-order valence-electron chi connectivity index (χ2n) is 5.14. The molecule has 1 N–H and O–H groups in total. The fourth-order valence-electron chi connectivity index (χ4n) is 2.27. The zero-order valence-electron chi connectivity index (χ0n) is 12.9. The molecule has 0 unspecified atom stereocenters. The van der Waals surface area contributed by atoms with Gasteiger partial charge in [-0.05, 0) is 30.7 Å². The number of pyridine rings is 1. The fourth-order valence-corrected chi connectivity index (χ4v) is 2.27. The summed E-state index contributed by atoms with van der Waals surface area (Å²) in [5.41, 5.74) is 3.42. The Kier molecular flexibility index (Phi) is 4.18. The van der Waals surface area contributed by atoms with E-state index in [2.05, 4.69) is 26.8 Å². The van der Waals surface area contributed by atoms with E-state index in [0.717, 1.165) is 16.7 Å². The Morgan fingerprint density at radius 2 is 1.71 bits per heavy atom. The third-order valence-corrected chi connectivity index (χ3v) is 3.39. The fraction of sp³-hybridized carbons (Fsp3) is 0.0526. The van der Waals surface area contributed by atoms with Crippen LogP contribution in [0.25, 0.3) is 11.1 Å². The Morgan fingerprint density at radius 1 is 1.04 bits per heavy atom. The lowest BCUT2D eigenvalue weighted by Gasteiger charge is -2.05. The Bertz CT molecular complexity index is 1030. The summed E-state index contributed by atoms with van der Waals surface area (Å²) < 4.78 is 0. The van der Waals surface area contributed by atoms with E-state index < -0.39 is 0 Å². The van der Waals surface area contributed by atoms with E-state index in [1.165, 1.54) is 6.33 Å². The normalized spacial score (nSPS) is 9.67. The smallest absolute Gasteiger partial charge is 0.266 e. The predicted octanol–water partition coefficient (Wildman–Crippen LogP) is 2.41. The van der Waals surface area contributed by atoms with Gasteiger partial charge in [-0.15, -0.1) is 0 Å². The minimum absolute atomic E-state index is 0.112. The van der Waals surface area contributed by atoms with Crippen LogP contribution in [0.2, 0.25) is 0 Å². The van der Waals surface area contributed by atoms with E-state index in [1.54, 1.807) is 25.4 Å². The summed E-state index contributed by atoms with van der Waals surface area (Å²) in [6.07, 6.45) is 4.75. The molecule has 114 valence electrons. The number of nitrogens with zero attached hydrogens (tertiary/aromatic N) is 3. The molecule has 0 radical (unpaired) electrons. The lowest BCUT2D eigenvalue weighted by molar-refractivity contribution is 1.13. The molecule has 0 aliphatic carbocycles. The maximum Gasteiger partial charge on any atom is 0.266 e. The standard InChI is InChI=1S/C19H12N4O/c1-13-8-17(18(9-20)19(24)23-13)16-6-4-14(5-7-16)2-3-15-10-21-12-22-11-15/h4-8,10-12H,1H3,(H,23,24). The molecule has 0 aliphatic rings. The lowest BCUT2D eigenvalue weighted by atomic mass is 10.00. The van der Waals surface area contributed by atoms with E-state index in [9.17, 15) is 10.1 Å². The number of benzene rings is 1. The molecule has 0 spiro atoms. The number of aromatic nitrogens is 3. The molecule has 1 aromatic carbocycles. The van der Waals surface area contributed by atoms with Gasteiger partial charge in [-0.1, -0.05) is 24.0 Å². The molecule has 2 heterocycles. The number of hydrogen-bond acceptors (Lipinski definition) is 4. The van der Waals surface area contributed by atoms with Crippen molar-refractivity contribution in [1.82, 2.24) is 15.0 Å². The molecule has 0 aliphatic heterocycles. The highest BCUT2D eigenvalue weighted by Crippen LogP contribution is 2.22. The average Bonchev–Trinajstić information content (AvgIpc) is 2.61. The molecular weight excluding hydrogens is 300 g/mol. The molecule has 0 amide bonds. The van der Waals surface area contributed by atoms with Crippen LogP contribution in [-0.4, -0.2) is 15.0 Å². The maximum atomic E-state index is 11.9. The number of rotatable bonds is 1. The van der Waals surface area contributed by atoms with Gasteiger partial charge in [0.05, 0.1) is 5.56 Å². The first-order chi connectivity index (χ1) is 11.7. The molecule has 3 aromatic rings. The minimum Gasteiger partial charge on any atom is -0.325 e. The third-order valence-electron chi connectivity index (χ3n) is 3.39. The van der Waals surface area contributed by atoms with Gasteiger partial charge >= 0.3 is 0 Å². The molecular formula is C19H12N4O. The molecule has 0 bridgehead atoms. The van der Waals surface area contributed by atoms with Crippen LogP contribution in [-0.2, 0) is 0 Å². The van der Waals surface area contributed by atoms with Gasteiger partial charge in [-0.25, -0.2) is 9.97 Å². The highest BCUT2D eigenvalue weighted by molar-refractivity contribution is 5.70. The van der Waals surface area contributed by atoms with Crippen LogP contribution >= 0.6 is 0 Å². The van der Waals surface area contributed by atoms with Crippen molar-refractivity contribution in [3.63, 3.8) is 0 Å². The first-order valence-corrected chi connectivity index (χ1v) is 7.19. The lowest BCUT2D eigenvalue weighted by Crippen LogP contribution is -2.12. The van der Waals surface area contributed by atoms with Crippen molar-refractivity contribution >= 4 is 0 Å². The number of H-pyrrole nitrogens is 1. The average molecular weight is 312 g/mol. The van der Waals surface area contributed by atoms with E-state index in [1.807, 2.05) is 30.3 Å². The van der Waals surface area contributed by atoms with Crippen LogP contribution in [0.15, 0.2) is 53.8 Å². The molecule has 0 saturated heterocycles. The van der Waals surface area contributed by atoms with Crippen LogP contribution in [0, 0.1) is 30.1 Å². The van der Waals surface area contributed by atoms with E-state index in [-0.39, 0.29) is 11.1 Å². The number of nitriles is 1. The summed E-state index contributed by atoms with van der Waals surface area (Å²) in [6.45, 7) is 1.79. The summed E-state index contributed by atoms with van der Waals surface area (Å²) in [5, 5.41) is 9.21. The minimum atomic E-state index is -0.375. The van der Waals surface area contributed by atoms with E-state index >= 15 is 0 Å². The van der Waals surface area contributed by atoms with Gasteiger partial charge in [-0.2, -0.15) is 5.26 Å². The quantitative estimate of drug-likeness (QED) is 0.700. The third kappa shape index (κ3) is 3.21. The Hall–Kier alpha value is -3.70. The molecule has 0 atom stereocenters. The van der Waals surface area contributed by atoms with Gasteiger partial charge in [0.15, 0.2) is 0 Å². The maximum absolute atomic E-state index is 11.9. The zero-order chi connectivity index (χ0) is 16.9. The highest BCUT2D eigenvalue weighted by Gasteiger charge is 2.09. The van der Waals surface area contributed by atoms with Crippen LogP contribution in [0.1, 0.15) is 22.4 Å². The first kappa shape index (κ1) is 15.2. The summed E-state index contributed by atoms with van der Waals surface area (Å²) >= 11 is 0. The van der Waals surface area contributed by atoms with Crippen molar-refractivity contribution in [2.45, 2.75) is 6.92 Å². The number of nitrogens with one attached hydrogen (secondary N) is 1. The van der Waals surface area contributed by atoms with Crippen LogP contribution in [0.4, 0.5) is 0 Å². The van der Waals surface area contributed by atoms with Gasteiger partial charge in [0.25, 0.3) is 5.56 Å². The Labute approximate surface area is 138 Å². The van der Waals surface area contributed by atoms with Gasteiger partial charge in [0.1, 0.15) is 18.0 Å². The van der Waals surface area contributed by atoms with Crippen molar-refractivity contribution in [3.05, 3.63) is 81.8 Å². The van der Waals surface area contributed by atoms with Gasteiger partial charge in [0, 0.05) is 29.2 Å². The van der Waals surface area contributed by atoms with Gasteiger partial charge in [-0.3, -0.25) is 4.79 Å². The summed E-state index contributed by atoms with van der Waals surface area (Å²) in [4.78, 5) is 22.3. The number of hydrogen-bond donors (Lipinski definition) is 1. The summed E-state index contributed by atoms with van der Waals surface area (Å²) in [5.74, 6) is 6.01. The largest absolute Gasteiger partial charge is 0.325 e. The van der Waals surface area contributed by atoms with Crippen LogP contribution < -0.4 is 5.56 Å². The molecule has 0 fully saturated rings. The zero-order valence-corrected chi connectivity index (χ0v) is 12.9. The first-order valence-electron chi connectivity index (χ1n) is 7.19. The number of aromatic amines is 1. The Morgan fingerprint density at radius 3 is 2.38 bits per heavy atom.